The maximum absolute atomic E-state index is 12.7. The molecule has 1 spiro atoms. The van der Waals surface area contributed by atoms with Crippen LogP contribution < -0.4 is 0 Å². The summed E-state index contributed by atoms with van der Waals surface area (Å²) in [6.45, 7) is 5.54. The maximum Gasteiger partial charge on any atom is 0.244 e. The molecule has 138 valence electrons. The van der Waals surface area contributed by atoms with Gasteiger partial charge >= 0.3 is 0 Å². The smallest absolute Gasteiger partial charge is 0.244 e. The molecule has 6 nitrogen and oxygen atoms in total. The summed E-state index contributed by atoms with van der Waals surface area (Å²) in [5.74, 6) is 0.351. The van der Waals surface area contributed by atoms with Gasteiger partial charge in [-0.1, -0.05) is 24.9 Å². The summed E-state index contributed by atoms with van der Waals surface area (Å²) in [6.07, 6.45) is 8.96. The Bertz CT molecular complexity index is 632. The van der Waals surface area contributed by atoms with Gasteiger partial charge in [0, 0.05) is 44.2 Å². The van der Waals surface area contributed by atoms with E-state index in [1.807, 2.05) is 9.80 Å². The van der Waals surface area contributed by atoms with Crippen LogP contribution >= 0.6 is 11.6 Å². The van der Waals surface area contributed by atoms with Gasteiger partial charge in [-0.3, -0.25) is 14.3 Å². The molecule has 3 heterocycles. The first-order valence-electron chi connectivity index (χ1n) is 9.25. The van der Waals surface area contributed by atoms with Crippen molar-refractivity contribution in [2.24, 2.45) is 5.41 Å². The summed E-state index contributed by atoms with van der Waals surface area (Å²) >= 11 is 5.87. The van der Waals surface area contributed by atoms with E-state index in [0.29, 0.717) is 11.4 Å². The highest BCUT2D eigenvalue weighted by atomic mass is 35.5. The number of nitrogens with zero attached hydrogens (tertiary/aromatic N) is 4. The molecule has 0 aromatic carbocycles. The van der Waals surface area contributed by atoms with Crippen LogP contribution in [-0.2, 0) is 16.1 Å². The van der Waals surface area contributed by atoms with E-state index in [-0.39, 0.29) is 23.8 Å². The number of amides is 2. The van der Waals surface area contributed by atoms with Crippen LogP contribution in [0.2, 0.25) is 5.02 Å². The zero-order valence-corrected chi connectivity index (χ0v) is 15.7. The first-order chi connectivity index (χ1) is 12.0. The molecule has 7 heteroatoms. The second-order valence-corrected chi connectivity index (χ2v) is 7.88. The van der Waals surface area contributed by atoms with Gasteiger partial charge in [-0.25, -0.2) is 0 Å². The van der Waals surface area contributed by atoms with Crippen LogP contribution in [0.4, 0.5) is 0 Å². The number of hydrogen-bond acceptors (Lipinski definition) is 3. The second kappa shape index (κ2) is 7.77. The minimum Gasteiger partial charge on any atom is -0.342 e. The average molecular weight is 367 g/mol. The number of hydrogen-bond donors (Lipinski definition) is 0. The van der Waals surface area contributed by atoms with Gasteiger partial charge in [0.05, 0.1) is 11.2 Å². The molecule has 2 saturated heterocycles. The van der Waals surface area contributed by atoms with Gasteiger partial charge in [-0.2, -0.15) is 5.10 Å². The van der Waals surface area contributed by atoms with Crippen molar-refractivity contribution in [3.63, 3.8) is 0 Å². The summed E-state index contributed by atoms with van der Waals surface area (Å²) in [6, 6.07) is 0. The third-order valence-electron chi connectivity index (χ3n) is 5.44. The van der Waals surface area contributed by atoms with Crippen molar-refractivity contribution >= 4 is 23.4 Å². The lowest BCUT2D eigenvalue weighted by Gasteiger charge is -2.48. The fourth-order valence-electron chi connectivity index (χ4n) is 4.07. The molecule has 2 aliphatic heterocycles. The van der Waals surface area contributed by atoms with E-state index in [4.69, 9.17) is 11.6 Å². The molecule has 2 fully saturated rings. The molecule has 0 N–H and O–H groups in total. The van der Waals surface area contributed by atoms with Crippen molar-refractivity contribution in [2.75, 3.05) is 26.2 Å². The largest absolute Gasteiger partial charge is 0.342 e. The van der Waals surface area contributed by atoms with Crippen LogP contribution in [0.1, 0.15) is 45.4 Å². The lowest BCUT2D eigenvalue weighted by atomic mass is 9.73. The van der Waals surface area contributed by atoms with Gasteiger partial charge in [0.25, 0.3) is 0 Å². The number of carbonyl (C=O) groups is 2. The quantitative estimate of drug-likeness (QED) is 0.804. The first kappa shape index (κ1) is 18.2. The van der Waals surface area contributed by atoms with Crippen molar-refractivity contribution in [1.29, 1.82) is 0 Å². The summed E-state index contributed by atoms with van der Waals surface area (Å²) in [4.78, 5) is 28.8. The van der Waals surface area contributed by atoms with E-state index >= 15 is 0 Å². The molecule has 0 aliphatic carbocycles. The summed E-state index contributed by atoms with van der Waals surface area (Å²) < 4.78 is 1.59. The SMILES string of the molecule is CCCCN1C[C@@]2(CCCN(C(=O)Cn3cc(Cl)cn3)C2)CCC1=O. The number of halogens is 1. The van der Waals surface area contributed by atoms with Gasteiger partial charge in [-0.15, -0.1) is 0 Å². The van der Waals surface area contributed by atoms with Gasteiger partial charge in [-0.05, 0) is 25.7 Å². The van der Waals surface area contributed by atoms with Gasteiger partial charge in [0.2, 0.25) is 11.8 Å². The molecule has 1 aromatic rings. The van der Waals surface area contributed by atoms with Crippen LogP contribution in [0.15, 0.2) is 12.4 Å². The van der Waals surface area contributed by atoms with Gasteiger partial charge < -0.3 is 9.80 Å². The Balaban J connectivity index is 1.63. The van der Waals surface area contributed by atoms with E-state index in [0.717, 1.165) is 58.3 Å². The van der Waals surface area contributed by atoms with E-state index in [1.165, 1.54) is 0 Å². The standard InChI is InChI=1S/C18H27ClN4O2/c1-2-3-8-21-13-18(7-5-16(21)24)6-4-9-22(14-18)17(25)12-23-11-15(19)10-20-23/h10-11H,2-9,12-14H2,1H3/t18-/m1/s1. The number of unbranched alkanes of at least 4 members (excludes halogenated alkanes) is 1. The Morgan fingerprint density at radius 3 is 2.92 bits per heavy atom. The van der Waals surface area contributed by atoms with Crippen LogP contribution in [0.3, 0.4) is 0 Å². The number of piperidine rings is 2. The zero-order valence-electron chi connectivity index (χ0n) is 14.9. The third-order valence-corrected chi connectivity index (χ3v) is 5.64. The molecule has 1 aromatic heterocycles. The van der Waals surface area contributed by atoms with Crippen molar-refractivity contribution < 1.29 is 9.59 Å². The number of likely N-dealkylation sites (tertiary alicyclic amines) is 2. The Kier molecular flexibility index (Phi) is 5.67. The van der Waals surface area contributed by atoms with Crippen molar-refractivity contribution in [2.45, 2.75) is 52.0 Å². The van der Waals surface area contributed by atoms with E-state index < -0.39 is 0 Å². The van der Waals surface area contributed by atoms with Crippen LogP contribution in [-0.4, -0.2) is 57.6 Å². The van der Waals surface area contributed by atoms with Gasteiger partial charge in [0.1, 0.15) is 6.54 Å². The number of aromatic nitrogens is 2. The third kappa shape index (κ3) is 4.35. The lowest BCUT2D eigenvalue weighted by molar-refractivity contribution is -0.143. The molecule has 2 aliphatic rings. The molecular weight excluding hydrogens is 340 g/mol. The molecule has 0 bridgehead atoms. The fourth-order valence-corrected chi connectivity index (χ4v) is 4.23. The van der Waals surface area contributed by atoms with Crippen LogP contribution in [0, 0.1) is 5.41 Å². The fraction of sp³-hybridized carbons (Fsp3) is 0.722. The molecule has 2 amide bonds. The Hall–Kier alpha value is -1.56. The van der Waals surface area contributed by atoms with Crippen LogP contribution in [0.25, 0.3) is 0 Å². The normalized spacial score (nSPS) is 24.2. The monoisotopic (exact) mass is 366 g/mol. The number of carbonyl (C=O) groups excluding carboxylic acids is 2. The molecule has 25 heavy (non-hydrogen) atoms. The second-order valence-electron chi connectivity index (χ2n) is 7.44. The van der Waals surface area contributed by atoms with Crippen LogP contribution in [0.5, 0.6) is 0 Å². The highest BCUT2D eigenvalue weighted by Gasteiger charge is 2.42. The first-order valence-corrected chi connectivity index (χ1v) is 9.63. The minimum atomic E-state index is 0.0668. The Morgan fingerprint density at radius 1 is 1.36 bits per heavy atom. The molecular formula is C18H27ClN4O2. The zero-order chi connectivity index (χ0) is 17.9. The summed E-state index contributed by atoms with van der Waals surface area (Å²) in [5.41, 5.74) is 0.0668. The minimum absolute atomic E-state index is 0.0668. The van der Waals surface area contributed by atoms with Crippen molar-refractivity contribution in [3.8, 4) is 0 Å². The Labute approximate surface area is 154 Å². The average Bonchev–Trinajstić information content (AvgIpc) is 3.01. The predicted molar refractivity (Wildman–Crippen MR) is 96.2 cm³/mol. The number of rotatable bonds is 5. The summed E-state index contributed by atoms with van der Waals surface area (Å²) in [7, 11) is 0. The molecule has 0 saturated carbocycles. The van der Waals surface area contributed by atoms with Crippen molar-refractivity contribution in [1.82, 2.24) is 19.6 Å². The van der Waals surface area contributed by atoms with E-state index in [1.54, 1.807) is 17.1 Å². The summed E-state index contributed by atoms with van der Waals surface area (Å²) in [5, 5.41) is 4.64. The topological polar surface area (TPSA) is 58.4 Å². The van der Waals surface area contributed by atoms with E-state index in [9.17, 15) is 9.59 Å². The maximum atomic E-state index is 12.7. The Morgan fingerprint density at radius 2 is 2.20 bits per heavy atom. The van der Waals surface area contributed by atoms with Gasteiger partial charge in [0.15, 0.2) is 0 Å². The van der Waals surface area contributed by atoms with Crippen molar-refractivity contribution in [3.05, 3.63) is 17.4 Å². The molecule has 1 atom stereocenters. The lowest BCUT2D eigenvalue weighted by Crippen LogP contribution is -2.55. The molecule has 0 radical (unpaired) electrons. The molecule has 0 unspecified atom stereocenters. The highest BCUT2D eigenvalue weighted by Crippen LogP contribution is 2.39. The molecule has 3 rings (SSSR count). The highest BCUT2D eigenvalue weighted by molar-refractivity contribution is 6.30. The van der Waals surface area contributed by atoms with E-state index in [2.05, 4.69) is 12.0 Å². The predicted octanol–water partition coefficient (Wildman–Crippen LogP) is 2.57.